The highest BCUT2D eigenvalue weighted by Crippen LogP contribution is 2.32. The summed E-state index contributed by atoms with van der Waals surface area (Å²) < 4.78 is 5.16. The molecule has 2 aromatic rings. The first-order valence-corrected chi connectivity index (χ1v) is 8.18. The zero-order valence-electron chi connectivity index (χ0n) is 14.7. The maximum Gasteiger partial charge on any atom is 0.312 e. The lowest BCUT2D eigenvalue weighted by Gasteiger charge is -2.23. The molecule has 0 saturated heterocycles. The SMILES string of the molecule is COc1ccc([C@@H](CN=Cc2cc(Cl)cc([N+](=O)[O-])c2O)N(C)C)cc1. The molecule has 26 heavy (non-hydrogen) atoms. The van der Waals surface area contributed by atoms with Crippen LogP contribution in [0.25, 0.3) is 0 Å². The van der Waals surface area contributed by atoms with Gasteiger partial charge in [-0.15, -0.1) is 0 Å². The van der Waals surface area contributed by atoms with E-state index in [0.29, 0.717) is 6.54 Å². The third-order valence-corrected chi connectivity index (χ3v) is 4.13. The first kappa shape index (κ1) is 19.7. The van der Waals surface area contributed by atoms with Crippen molar-refractivity contribution in [2.24, 2.45) is 4.99 Å². The van der Waals surface area contributed by atoms with Crippen molar-refractivity contribution >= 4 is 23.5 Å². The van der Waals surface area contributed by atoms with Gasteiger partial charge in [-0.25, -0.2) is 0 Å². The Labute approximate surface area is 156 Å². The van der Waals surface area contributed by atoms with Gasteiger partial charge in [0.25, 0.3) is 0 Å². The molecule has 0 aliphatic carbocycles. The fraction of sp³-hybridized carbons (Fsp3) is 0.278. The number of rotatable bonds is 7. The number of hydrogen-bond donors (Lipinski definition) is 1. The number of likely N-dealkylation sites (N-methyl/N-ethyl adjacent to an activating group) is 1. The van der Waals surface area contributed by atoms with E-state index in [1.165, 1.54) is 12.3 Å². The van der Waals surface area contributed by atoms with Crippen LogP contribution in [0.4, 0.5) is 5.69 Å². The van der Waals surface area contributed by atoms with E-state index < -0.39 is 16.4 Å². The van der Waals surface area contributed by atoms with Crippen molar-refractivity contribution in [1.29, 1.82) is 0 Å². The number of ether oxygens (including phenoxy) is 1. The highest BCUT2D eigenvalue weighted by Gasteiger charge is 2.18. The van der Waals surface area contributed by atoms with Gasteiger partial charge >= 0.3 is 5.69 Å². The molecule has 1 atom stereocenters. The lowest BCUT2D eigenvalue weighted by Crippen LogP contribution is -2.22. The van der Waals surface area contributed by atoms with Crippen molar-refractivity contribution in [3.63, 3.8) is 0 Å². The van der Waals surface area contributed by atoms with Gasteiger partial charge < -0.3 is 14.7 Å². The lowest BCUT2D eigenvalue weighted by molar-refractivity contribution is -0.385. The van der Waals surface area contributed by atoms with Gasteiger partial charge in [0.15, 0.2) is 0 Å². The van der Waals surface area contributed by atoms with E-state index >= 15 is 0 Å². The first-order chi connectivity index (χ1) is 12.3. The van der Waals surface area contributed by atoms with Crippen LogP contribution in [0.5, 0.6) is 11.5 Å². The number of benzene rings is 2. The van der Waals surface area contributed by atoms with Crippen molar-refractivity contribution in [2.75, 3.05) is 27.7 Å². The summed E-state index contributed by atoms with van der Waals surface area (Å²) in [5.41, 5.74) is 0.809. The summed E-state index contributed by atoms with van der Waals surface area (Å²) in [4.78, 5) is 16.6. The van der Waals surface area contributed by atoms with Crippen LogP contribution in [-0.2, 0) is 0 Å². The number of halogens is 1. The summed E-state index contributed by atoms with van der Waals surface area (Å²) in [5.74, 6) is 0.319. The second-order valence-electron chi connectivity index (χ2n) is 5.87. The lowest BCUT2D eigenvalue weighted by atomic mass is 10.1. The monoisotopic (exact) mass is 377 g/mol. The minimum absolute atomic E-state index is 0.00605. The quantitative estimate of drug-likeness (QED) is 0.451. The van der Waals surface area contributed by atoms with Crippen molar-refractivity contribution in [2.45, 2.75) is 6.04 Å². The number of nitrogens with zero attached hydrogens (tertiary/aromatic N) is 3. The topological polar surface area (TPSA) is 88.2 Å². The number of methoxy groups -OCH3 is 1. The first-order valence-electron chi connectivity index (χ1n) is 7.80. The Morgan fingerprint density at radius 2 is 2.00 bits per heavy atom. The van der Waals surface area contributed by atoms with Crippen molar-refractivity contribution in [3.8, 4) is 11.5 Å². The molecule has 0 aromatic heterocycles. The van der Waals surface area contributed by atoms with Gasteiger partial charge in [0, 0.05) is 22.9 Å². The molecule has 138 valence electrons. The zero-order valence-corrected chi connectivity index (χ0v) is 15.5. The van der Waals surface area contributed by atoms with Crippen LogP contribution in [0.1, 0.15) is 17.2 Å². The van der Waals surface area contributed by atoms with E-state index in [2.05, 4.69) is 4.99 Å². The minimum atomic E-state index is -0.682. The van der Waals surface area contributed by atoms with Crippen LogP contribution in [0, 0.1) is 10.1 Å². The summed E-state index contributed by atoms with van der Waals surface area (Å²) in [6, 6.07) is 10.2. The van der Waals surface area contributed by atoms with Crippen LogP contribution in [0.15, 0.2) is 41.4 Å². The zero-order chi connectivity index (χ0) is 19.3. The van der Waals surface area contributed by atoms with E-state index in [9.17, 15) is 15.2 Å². The van der Waals surface area contributed by atoms with Gasteiger partial charge in [0.2, 0.25) is 5.75 Å². The number of aliphatic imine (C=N–C) groups is 1. The van der Waals surface area contributed by atoms with Crippen molar-refractivity contribution < 1.29 is 14.8 Å². The van der Waals surface area contributed by atoms with Gasteiger partial charge in [0.05, 0.1) is 24.6 Å². The number of hydrogen-bond acceptors (Lipinski definition) is 6. The predicted octanol–water partition coefficient (Wildman–Crippen LogP) is 3.68. The van der Waals surface area contributed by atoms with E-state index in [0.717, 1.165) is 17.4 Å². The smallest absolute Gasteiger partial charge is 0.312 e. The normalized spacial score (nSPS) is 12.5. The van der Waals surface area contributed by atoms with Crippen LogP contribution in [0.3, 0.4) is 0 Å². The molecule has 0 amide bonds. The molecular weight excluding hydrogens is 358 g/mol. The van der Waals surface area contributed by atoms with Gasteiger partial charge in [-0.1, -0.05) is 23.7 Å². The molecule has 0 saturated carbocycles. The Morgan fingerprint density at radius 1 is 1.35 bits per heavy atom. The molecule has 0 bridgehead atoms. The summed E-state index contributed by atoms with van der Waals surface area (Å²) in [6.45, 7) is 0.402. The van der Waals surface area contributed by atoms with E-state index in [4.69, 9.17) is 16.3 Å². The molecule has 0 fully saturated rings. The van der Waals surface area contributed by atoms with Gasteiger partial charge in [-0.2, -0.15) is 0 Å². The Balaban J connectivity index is 2.22. The maximum atomic E-state index is 11.0. The van der Waals surface area contributed by atoms with Crippen LogP contribution >= 0.6 is 11.6 Å². The molecular formula is C18H20ClN3O4. The molecule has 0 spiro atoms. The van der Waals surface area contributed by atoms with Crippen molar-refractivity contribution in [3.05, 3.63) is 62.7 Å². The molecule has 0 aliphatic heterocycles. The second kappa shape index (κ2) is 8.64. The standard InChI is InChI=1S/C18H20ClN3O4/c1-21(2)17(12-4-6-15(26-3)7-5-12)11-20-10-13-8-14(19)9-16(18(13)23)22(24)25/h4-10,17,23H,11H2,1-3H3/t17-/m1/s1. The van der Waals surface area contributed by atoms with E-state index in [1.54, 1.807) is 7.11 Å². The molecule has 0 heterocycles. The average molecular weight is 378 g/mol. The number of phenolic OH excluding ortho intramolecular Hbond substituents is 1. The van der Waals surface area contributed by atoms with Crippen molar-refractivity contribution in [1.82, 2.24) is 4.90 Å². The Bertz CT molecular complexity index is 807. The van der Waals surface area contributed by atoms with Crippen LogP contribution < -0.4 is 4.74 Å². The Kier molecular flexibility index (Phi) is 6.54. The minimum Gasteiger partial charge on any atom is -0.502 e. The Hall–Kier alpha value is -2.64. The molecule has 2 aromatic carbocycles. The molecule has 0 aliphatic rings. The molecule has 1 N–H and O–H groups in total. The third kappa shape index (κ3) is 4.71. The molecule has 8 heteroatoms. The number of nitro benzene ring substituents is 1. The molecule has 0 unspecified atom stereocenters. The molecule has 7 nitrogen and oxygen atoms in total. The molecule has 2 rings (SSSR count). The third-order valence-electron chi connectivity index (χ3n) is 3.91. The fourth-order valence-corrected chi connectivity index (χ4v) is 2.71. The van der Waals surface area contributed by atoms with Gasteiger partial charge in [-0.05, 0) is 37.9 Å². The Morgan fingerprint density at radius 3 is 2.54 bits per heavy atom. The average Bonchev–Trinajstić information content (AvgIpc) is 2.60. The maximum absolute atomic E-state index is 11.0. The predicted molar refractivity (Wildman–Crippen MR) is 102 cm³/mol. The number of nitro groups is 1. The largest absolute Gasteiger partial charge is 0.502 e. The fourth-order valence-electron chi connectivity index (χ4n) is 2.49. The second-order valence-corrected chi connectivity index (χ2v) is 6.30. The van der Waals surface area contributed by atoms with Crippen LogP contribution in [-0.4, -0.2) is 48.9 Å². The van der Waals surface area contributed by atoms with Crippen LogP contribution in [0.2, 0.25) is 5.02 Å². The summed E-state index contributed by atoms with van der Waals surface area (Å²) in [6.07, 6.45) is 1.40. The van der Waals surface area contributed by atoms with Gasteiger partial charge in [0.1, 0.15) is 5.75 Å². The summed E-state index contributed by atoms with van der Waals surface area (Å²) in [7, 11) is 5.48. The van der Waals surface area contributed by atoms with E-state index in [-0.39, 0.29) is 16.6 Å². The number of phenols is 1. The number of aromatic hydroxyl groups is 1. The highest BCUT2D eigenvalue weighted by molar-refractivity contribution is 6.31. The molecule has 0 radical (unpaired) electrons. The summed E-state index contributed by atoms with van der Waals surface area (Å²) >= 11 is 5.89. The highest BCUT2D eigenvalue weighted by atomic mass is 35.5. The van der Waals surface area contributed by atoms with Gasteiger partial charge in [-0.3, -0.25) is 15.1 Å². The summed E-state index contributed by atoms with van der Waals surface area (Å²) in [5, 5.41) is 21.1. The van der Waals surface area contributed by atoms with E-state index in [1.807, 2.05) is 43.3 Å².